The van der Waals surface area contributed by atoms with Crippen LogP contribution in [0.5, 0.6) is 0 Å². The second kappa shape index (κ2) is 61.9. The summed E-state index contributed by atoms with van der Waals surface area (Å²) in [4.78, 5) is 72.5. The predicted octanol–water partition coefficient (Wildman–Crippen LogP) is 20.2. The fourth-order valence-electron chi connectivity index (χ4n) is 10.7. The van der Waals surface area contributed by atoms with Crippen LogP contribution in [0.4, 0.5) is 0 Å². The number of phosphoric acid groups is 2. The lowest BCUT2D eigenvalue weighted by Gasteiger charge is -2.21. The largest absolute Gasteiger partial charge is 0.472 e. The van der Waals surface area contributed by atoms with Crippen LogP contribution in [-0.4, -0.2) is 96.7 Å². The highest BCUT2D eigenvalue weighted by Crippen LogP contribution is 2.45. The highest BCUT2D eigenvalue weighted by molar-refractivity contribution is 7.47. The number of rotatable bonds is 69. The molecule has 0 amide bonds. The second-order valence-corrected chi connectivity index (χ2v) is 30.0. The fourth-order valence-corrected chi connectivity index (χ4v) is 12.3. The molecule has 0 aromatic heterocycles. The molecule has 0 aromatic rings. The van der Waals surface area contributed by atoms with Gasteiger partial charge in [0.15, 0.2) is 12.2 Å². The molecule has 0 saturated heterocycles. The number of ether oxygens (including phenoxy) is 4. The van der Waals surface area contributed by atoms with E-state index in [9.17, 15) is 43.2 Å². The molecule has 534 valence electrons. The Bertz CT molecular complexity index is 1770. The van der Waals surface area contributed by atoms with Gasteiger partial charge >= 0.3 is 39.5 Å². The Balaban J connectivity index is 5.21. The van der Waals surface area contributed by atoms with Gasteiger partial charge in [-0.15, -0.1) is 0 Å². The molecule has 90 heavy (non-hydrogen) atoms. The third-order valence-corrected chi connectivity index (χ3v) is 18.3. The molecular weight excluding hydrogens is 1190 g/mol. The smallest absolute Gasteiger partial charge is 0.462 e. The normalized spacial score (nSPS) is 14.2. The summed E-state index contributed by atoms with van der Waals surface area (Å²) in [6.45, 7) is 11.8. The first-order chi connectivity index (χ1) is 43.2. The lowest BCUT2D eigenvalue weighted by molar-refractivity contribution is -0.161. The Morgan fingerprint density at radius 3 is 0.756 bits per heavy atom. The molecule has 0 aliphatic rings. The molecule has 0 heterocycles. The van der Waals surface area contributed by atoms with Crippen molar-refractivity contribution in [1.29, 1.82) is 0 Å². The van der Waals surface area contributed by atoms with Gasteiger partial charge in [-0.3, -0.25) is 37.3 Å². The summed E-state index contributed by atoms with van der Waals surface area (Å²) >= 11 is 0. The van der Waals surface area contributed by atoms with Gasteiger partial charge in [0, 0.05) is 25.7 Å². The van der Waals surface area contributed by atoms with Gasteiger partial charge in [-0.05, 0) is 43.4 Å². The zero-order valence-electron chi connectivity index (χ0n) is 58.6. The number of carbonyl (C=O) groups excluding carboxylic acids is 4. The van der Waals surface area contributed by atoms with Crippen LogP contribution in [0.25, 0.3) is 0 Å². The summed E-state index contributed by atoms with van der Waals surface area (Å²) in [6, 6.07) is 0. The minimum Gasteiger partial charge on any atom is -0.462 e. The third kappa shape index (κ3) is 64.8. The van der Waals surface area contributed by atoms with Crippen LogP contribution in [0.1, 0.15) is 357 Å². The molecule has 19 heteroatoms. The molecule has 0 aliphatic heterocycles. The second-order valence-electron chi connectivity index (χ2n) is 27.1. The maximum absolute atomic E-state index is 13.0. The van der Waals surface area contributed by atoms with Gasteiger partial charge < -0.3 is 33.8 Å². The maximum Gasteiger partial charge on any atom is 0.472 e. The van der Waals surface area contributed by atoms with Crippen LogP contribution in [0, 0.1) is 17.8 Å². The van der Waals surface area contributed by atoms with Gasteiger partial charge in [0.25, 0.3) is 0 Å². The Morgan fingerprint density at radius 2 is 0.511 bits per heavy atom. The van der Waals surface area contributed by atoms with E-state index in [2.05, 4.69) is 48.5 Å². The van der Waals surface area contributed by atoms with Crippen molar-refractivity contribution >= 4 is 39.5 Å². The monoisotopic (exact) mass is 1320 g/mol. The first-order valence-corrected chi connectivity index (χ1v) is 39.8. The lowest BCUT2D eigenvalue weighted by atomic mass is 10.0. The molecule has 0 saturated carbocycles. The number of hydrogen-bond donors (Lipinski definition) is 3. The predicted molar refractivity (Wildman–Crippen MR) is 363 cm³/mol. The molecule has 17 nitrogen and oxygen atoms in total. The van der Waals surface area contributed by atoms with E-state index < -0.39 is 97.5 Å². The summed E-state index contributed by atoms with van der Waals surface area (Å²) in [5.74, 6) is 0.155. The zero-order valence-corrected chi connectivity index (χ0v) is 60.4. The number of esters is 4. The van der Waals surface area contributed by atoms with Crippen LogP contribution in [0.15, 0.2) is 0 Å². The van der Waals surface area contributed by atoms with Crippen molar-refractivity contribution in [2.45, 2.75) is 375 Å². The van der Waals surface area contributed by atoms with Gasteiger partial charge in [0.05, 0.1) is 26.4 Å². The summed E-state index contributed by atoms with van der Waals surface area (Å²) in [6.07, 6.45) is 45.9. The van der Waals surface area contributed by atoms with E-state index in [1.54, 1.807) is 0 Å². The van der Waals surface area contributed by atoms with Crippen molar-refractivity contribution in [3.05, 3.63) is 0 Å². The highest BCUT2D eigenvalue weighted by atomic mass is 31.2. The van der Waals surface area contributed by atoms with E-state index in [1.165, 1.54) is 161 Å². The topological polar surface area (TPSA) is 237 Å². The van der Waals surface area contributed by atoms with Crippen molar-refractivity contribution in [2.24, 2.45) is 17.8 Å². The Morgan fingerprint density at radius 1 is 0.300 bits per heavy atom. The average Bonchev–Trinajstić information content (AvgIpc) is 3.49. The Kier molecular flexibility index (Phi) is 60.6. The van der Waals surface area contributed by atoms with E-state index >= 15 is 0 Å². The summed E-state index contributed by atoms with van der Waals surface area (Å²) in [5.41, 5.74) is 0. The van der Waals surface area contributed by atoms with Crippen molar-refractivity contribution in [2.75, 3.05) is 39.6 Å². The molecular formula is C71H138O17P2. The van der Waals surface area contributed by atoms with Gasteiger partial charge in [0.1, 0.15) is 19.3 Å². The molecule has 0 fully saturated rings. The molecule has 0 spiro atoms. The lowest BCUT2D eigenvalue weighted by Crippen LogP contribution is -2.30. The number of aliphatic hydroxyl groups is 1. The van der Waals surface area contributed by atoms with Crippen LogP contribution in [0.2, 0.25) is 0 Å². The van der Waals surface area contributed by atoms with Crippen molar-refractivity contribution < 1.29 is 80.2 Å². The van der Waals surface area contributed by atoms with Gasteiger partial charge in [0.2, 0.25) is 0 Å². The summed E-state index contributed by atoms with van der Waals surface area (Å²) < 4.78 is 68.3. The van der Waals surface area contributed by atoms with E-state index in [0.29, 0.717) is 25.7 Å². The first kappa shape index (κ1) is 88.1. The molecule has 5 atom stereocenters. The minimum atomic E-state index is -4.95. The number of carbonyl (C=O) groups is 4. The van der Waals surface area contributed by atoms with Crippen molar-refractivity contribution in [3.8, 4) is 0 Å². The van der Waals surface area contributed by atoms with Crippen LogP contribution in [0.3, 0.4) is 0 Å². The Labute approximate surface area is 549 Å². The van der Waals surface area contributed by atoms with E-state index in [1.807, 2.05) is 0 Å². The van der Waals surface area contributed by atoms with Crippen molar-refractivity contribution in [3.63, 3.8) is 0 Å². The van der Waals surface area contributed by atoms with E-state index in [-0.39, 0.29) is 25.7 Å². The number of hydrogen-bond acceptors (Lipinski definition) is 15. The average molecular weight is 1330 g/mol. The van der Waals surface area contributed by atoms with Gasteiger partial charge in [-0.25, -0.2) is 9.13 Å². The van der Waals surface area contributed by atoms with Crippen LogP contribution >= 0.6 is 15.6 Å². The molecule has 0 bridgehead atoms. The van der Waals surface area contributed by atoms with Crippen LogP contribution in [-0.2, 0) is 65.4 Å². The number of aliphatic hydroxyl groups excluding tert-OH is 1. The summed E-state index contributed by atoms with van der Waals surface area (Å²) in [5, 5.41) is 10.6. The SMILES string of the molecule is CCCCCCCCCCC(=O)OC[C@H](COP(=O)(O)OC[C@H](O)COP(=O)(O)OC[C@@H](COC(=O)CCCCCCCCCCCC(C)C)OC(=O)CCCCCCCCCCCCCCCCCC(C)C)OC(=O)CCCCCCCCCCCC(C)C. The standard InChI is InChI=1S/C71H138O17P2/c1-8-9-10-11-12-31-38-45-52-68(73)81-58-66(88-71(76)55-48-41-34-27-21-24-30-37-44-51-64(6)7)60-85-89(77,78)83-56-65(72)57-84-90(79,80)86-61-67(59-82-69(74)53-46-39-32-26-20-23-29-36-43-50-63(4)5)87-70(75)54-47-40-33-25-19-17-15-13-14-16-18-22-28-35-42-49-62(2)3/h62-67,72H,8-61H2,1-7H3,(H,77,78)(H,79,80)/t65-,66+,67+/m0/s1. The van der Waals surface area contributed by atoms with Crippen LogP contribution < -0.4 is 0 Å². The number of phosphoric ester groups is 2. The molecule has 0 rings (SSSR count). The molecule has 0 aliphatic carbocycles. The summed E-state index contributed by atoms with van der Waals surface area (Å²) in [7, 11) is -9.90. The molecule has 3 N–H and O–H groups in total. The molecule has 0 aromatic carbocycles. The van der Waals surface area contributed by atoms with E-state index in [4.69, 9.17) is 37.0 Å². The Hall–Kier alpha value is -1.94. The van der Waals surface area contributed by atoms with Crippen molar-refractivity contribution in [1.82, 2.24) is 0 Å². The highest BCUT2D eigenvalue weighted by Gasteiger charge is 2.30. The van der Waals surface area contributed by atoms with Gasteiger partial charge in [-0.2, -0.15) is 0 Å². The fraction of sp³-hybridized carbons (Fsp3) is 0.944. The maximum atomic E-state index is 13.0. The zero-order chi connectivity index (χ0) is 66.6. The molecule has 2 unspecified atom stereocenters. The van der Waals surface area contributed by atoms with E-state index in [0.717, 1.165) is 114 Å². The first-order valence-electron chi connectivity index (χ1n) is 36.8. The third-order valence-electron chi connectivity index (χ3n) is 16.4. The molecule has 0 radical (unpaired) electrons. The van der Waals surface area contributed by atoms with Gasteiger partial charge in [-0.1, -0.05) is 305 Å². The minimum absolute atomic E-state index is 0.105. The number of unbranched alkanes of at least 4 members (excludes halogenated alkanes) is 37. The quantitative estimate of drug-likeness (QED) is 0.0222.